The molecule has 1 aromatic heterocycles. The van der Waals surface area contributed by atoms with Crippen LogP contribution in [0.5, 0.6) is 0 Å². The fourth-order valence-electron chi connectivity index (χ4n) is 2.55. The number of alkyl halides is 3. The van der Waals surface area contributed by atoms with Gasteiger partial charge >= 0.3 is 6.18 Å². The molecule has 0 unspecified atom stereocenters. The maximum atomic E-state index is 12.6. The monoisotopic (exact) mass is 292 g/mol. The van der Waals surface area contributed by atoms with Gasteiger partial charge in [0.05, 0.1) is 16.3 Å². The van der Waals surface area contributed by atoms with E-state index in [9.17, 15) is 13.2 Å². The summed E-state index contributed by atoms with van der Waals surface area (Å²) in [5.41, 5.74) is 5.77. The standard InChI is InChI=1S/C13H16ClF3N2/c14-10-6-8(13(15,16)17)7-19-12(10)9-4-2-1-3-5-11(9)18/h6-7,9,11H,1-5,18H2/t9-,11+/m0/s1. The van der Waals surface area contributed by atoms with Gasteiger partial charge in [0.15, 0.2) is 0 Å². The third-order valence-corrected chi connectivity index (χ3v) is 3.92. The maximum absolute atomic E-state index is 12.6. The van der Waals surface area contributed by atoms with E-state index in [2.05, 4.69) is 4.98 Å². The first-order valence-electron chi connectivity index (χ1n) is 6.38. The van der Waals surface area contributed by atoms with Crippen molar-refractivity contribution < 1.29 is 13.2 Å². The molecule has 0 aliphatic heterocycles. The van der Waals surface area contributed by atoms with E-state index in [1.807, 2.05) is 0 Å². The van der Waals surface area contributed by atoms with Crippen molar-refractivity contribution in [2.24, 2.45) is 5.73 Å². The van der Waals surface area contributed by atoms with Crippen molar-refractivity contribution in [3.8, 4) is 0 Å². The van der Waals surface area contributed by atoms with Gasteiger partial charge in [0.1, 0.15) is 0 Å². The van der Waals surface area contributed by atoms with Crippen LogP contribution in [-0.4, -0.2) is 11.0 Å². The second-order valence-corrected chi connectivity index (χ2v) is 5.40. The van der Waals surface area contributed by atoms with E-state index in [1.54, 1.807) is 0 Å². The molecule has 2 nitrogen and oxygen atoms in total. The summed E-state index contributed by atoms with van der Waals surface area (Å²) in [7, 11) is 0. The van der Waals surface area contributed by atoms with Crippen molar-refractivity contribution in [3.05, 3.63) is 28.5 Å². The van der Waals surface area contributed by atoms with Crippen LogP contribution in [0.25, 0.3) is 0 Å². The largest absolute Gasteiger partial charge is 0.417 e. The molecule has 0 bridgehead atoms. The van der Waals surface area contributed by atoms with E-state index in [4.69, 9.17) is 17.3 Å². The van der Waals surface area contributed by atoms with Crippen LogP contribution >= 0.6 is 11.6 Å². The van der Waals surface area contributed by atoms with E-state index >= 15 is 0 Å². The Hall–Kier alpha value is -0.810. The summed E-state index contributed by atoms with van der Waals surface area (Å²) in [6, 6.07) is 0.867. The maximum Gasteiger partial charge on any atom is 0.417 e. The summed E-state index contributed by atoms with van der Waals surface area (Å²) in [6.07, 6.45) is 1.29. The summed E-state index contributed by atoms with van der Waals surface area (Å²) < 4.78 is 37.7. The predicted molar refractivity (Wildman–Crippen MR) is 68.1 cm³/mol. The summed E-state index contributed by atoms with van der Waals surface area (Å²) in [5, 5.41) is 0.0668. The molecule has 0 saturated heterocycles. The van der Waals surface area contributed by atoms with E-state index in [0.29, 0.717) is 5.69 Å². The molecule has 2 rings (SSSR count). The number of hydrogen-bond acceptors (Lipinski definition) is 2. The number of hydrogen-bond donors (Lipinski definition) is 1. The van der Waals surface area contributed by atoms with Crippen LogP contribution in [0.1, 0.15) is 49.3 Å². The third kappa shape index (κ3) is 3.39. The molecule has 19 heavy (non-hydrogen) atoms. The van der Waals surface area contributed by atoms with Crippen LogP contribution < -0.4 is 5.73 Å². The first-order valence-corrected chi connectivity index (χ1v) is 6.75. The highest BCUT2D eigenvalue weighted by Gasteiger charge is 2.33. The van der Waals surface area contributed by atoms with Crippen molar-refractivity contribution in [1.82, 2.24) is 4.98 Å². The minimum atomic E-state index is -4.42. The number of halogens is 4. The van der Waals surface area contributed by atoms with Gasteiger partial charge in [0.2, 0.25) is 0 Å². The molecular weight excluding hydrogens is 277 g/mol. The second kappa shape index (κ2) is 5.67. The summed E-state index contributed by atoms with van der Waals surface area (Å²) in [4.78, 5) is 3.93. The Bertz CT molecular complexity index is 448. The Balaban J connectivity index is 2.29. The lowest BCUT2D eigenvalue weighted by Gasteiger charge is -2.22. The zero-order valence-electron chi connectivity index (χ0n) is 10.4. The molecule has 106 valence electrons. The van der Waals surface area contributed by atoms with Crippen molar-refractivity contribution in [3.63, 3.8) is 0 Å². The lowest BCUT2D eigenvalue weighted by molar-refractivity contribution is -0.137. The van der Waals surface area contributed by atoms with E-state index in [-0.39, 0.29) is 17.0 Å². The second-order valence-electron chi connectivity index (χ2n) is 5.00. The lowest BCUT2D eigenvalue weighted by Crippen LogP contribution is -2.28. The SMILES string of the molecule is N[C@@H]1CCCCC[C@@H]1c1ncc(C(F)(F)F)cc1Cl. The van der Waals surface area contributed by atoms with Gasteiger partial charge in [-0.15, -0.1) is 0 Å². The van der Waals surface area contributed by atoms with Crippen molar-refractivity contribution in [1.29, 1.82) is 0 Å². The van der Waals surface area contributed by atoms with Gasteiger partial charge in [-0.2, -0.15) is 13.2 Å². The molecule has 1 aliphatic rings. The molecule has 2 atom stereocenters. The normalized spacial score (nSPS) is 25.1. The van der Waals surface area contributed by atoms with Crippen LogP contribution in [0.4, 0.5) is 13.2 Å². The van der Waals surface area contributed by atoms with E-state index in [0.717, 1.165) is 44.4 Å². The van der Waals surface area contributed by atoms with Crippen LogP contribution in [0.2, 0.25) is 5.02 Å². The molecule has 0 radical (unpaired) electrons. The highest BCUT2D eigenvalue weighted by molar-refractivity contribution is 6.31. The van der Waals surface area contributed by atoms with Crippen LogP contribution in [-0.2, 0) is 6.18 Å². The fourth-order valence-corrected chi connectivity index (χ4v) is 2.86. The Morgan fingerprint density at radius 3 is 2.53 bits per heavy atom. The van der Waals surface area contributed by atoms with Gasteiger partial charge < -0.3 is 5.73 Å². The summed E-state index contributed by atoms with van der Waals surface area (Å²) in [6.45, 7) is 0. The van der Waals surface area contributed by atoms with Gasteiger partial charge in [-0.25, -0.2) is 0 Å². The van der Waals surface area contributed by atoms with Gasteiger partial charge in [-0.1, -0.05) is 30.9 Å². The number of rotatable bonds is 1. The Morgan fingerprint density at radius 2 is 1.89 bits per heavy atom. The number of nitrogens with zero attached hydrogens (tertiary/aromatic N) is 1. The third-order valence-electron chi connectivity index (χ3n) is 3.62. The smallest absolute Gasteiger partial charge is 0.327 e. The minimum absolute atomic E-state index is 0.0442. The zero-order chi connectivity index (χ0) is 14.0. The van der Waals surface area contributed by atoms with Gasteiger partial charge in [0, 0.05) is 18.2 Å². The molecule has 1 saturated carbocycles. The Kier molecular flexibility index (Phi) is 4.36. The molecular formula is C13H16ClF3N2. The average Bonchev–Trinajstić information content (AvgIpc) is 2.53. The van der Waals surface area contributed by atoms with Crippen LogP contribution in [0.3, 0.4) is 0 Å². The molecule has 1 heterocycles. The van der Waals surface area contributed by atoms with E-state index in [1.165, 1.54) is 0 Å². The molecule has 1 fully saturated rings. The lowest BCUT2D eigenvalue weighted by atomic mass is 9.91. The van der Waals surface area contributed by atoms with E-state index < -0.39 is 11.7 Å². The molecule has 2 N–H and O–H groups in total. The molecule has 1 aromatic rings. The highest BCUT2D eigenvalue weighted by Crippen LogP contribution is 2.36. The minimum Gasteiger partial charge on any atom is -0.327 e. The average molecular weight is 293 g/mol. The predicted octanol–water partition coefficient (Wildman–Crippen LogP) is 4.13. The number of nitrogens with two attached hydrogens (primary N) is 1. The summed E-state index contributed by atoms with van der Waals surface area (Å²) >= 11 is 5.97. The van der Waals surface area contributed by atoms with Gasteiger partial charge in [-0.05, 0) is 18.9 Å². The Labute approximate surface area is 115 Å². The molecule has 0 amide bonds. The first-order chi connectivity index (χ1) is 8.89. The van der Waals surface area contributed by atoms with Gasteiger partial charge in [0.25, 0.3) is 0 Å². The number of pyridine rings is 1. The van der Waals surface area contributed by atoms with Crippen LogP contribution in [0, 0.1) is 0 Å². The zero-order valence-corrected chi connectivity index (χ0v) is 11.1. The molecule has 6 heteroatoms. The topological polar surface area (TPSA) is 38.9 Å². The van der Waals surface area contributed by atoms with Crippen molar-refractivity contribution in [2.75, 3.05) is 0 Å². The Morgan fingerprint density at radius 1 is 1.21 bits per heavy atom. The van der Waals surface area contributed by atoms with Crippen molar-refractivity contribution >= 4 is 11.6 Å². The molecule has 0 spiro atoms. The first kappa shape index (κ1) is 14.6. The fraction of sp³-hybridized carbons (Fsp3) is 0.615. The highest BCUT2D eigenvalue weighted by atomic mass is 35.5. The molecule has 1 aliphatic carbocycles. The quantitative estimate of drug-likeness (QED) is 0.791. The molecule has 0 aromatic carbocycles. The van der Waals surface area contributed by atoms with Gasteiger partial charge in [-0.3, -0.25) is 4.98 Å². The van der Waals surface area contributed by atoms with Crippen LogP contribution in [0.15, 0.2) is 12.3 Å². The van der Waals surface area contributed by atoms with Crippen molar-refractivity contribution in [2.45, 2.75) is 50.2 Å². The number of aromatic nitrogens is 1. The summed E-state index contributed by atoms with van der Waals surface area (Å²) in [5.74, 6) is -0.0442.